The van der Waals surface area contributed by atoms with E-state index >= 15 is 0 Å². The van der Waals surface area contributed by atoms with E-state index in [0.29, 0.717) is 5.69 Å². The molecule has 2 N–H and O–H groups in total. The van der Waals surface area contributed by atoms with E-state index in [1.165, 1.54) is 6.07 Å². The number of anilines is 2. The van der Waals surface area contributed by atoms with Crippen molar-refractivity contribution in [3.8, 4) is 0 Å². The van der Waals surface area contributed by atoms with Gasteiger partial charge in [0.05, 0.1) is 11.9 Å². The quantitative estimate of drug-likeness (QED) is 0.900. The molecule has 0 bridgehead atoms. The maximum atomic E-state index is 13.4. The van der Waals surface area contributed by atoms with E-state index in [2.05, 4.69) is 4.98 Å². The summed E-state index contributed by atoms with van der Waals surface area (Å²) < 4.78 is 13.4. The minimum Gasteiger partial charge on any atom is -0.366 e. The molecule has 2 rings (SSSR count). The molecule has 4 nitrogen and oxygen atoms in total. The molecule has 0 spiro atoms. The molecule has 1 aromatic carbocycles. The van der Waals surface area contributed by atoms with Gasteiger partial charge in [-0.1, -0.05) is 0 Å². The summed E-state index contributed by atoms with van der Waals surface area (Å²) in [5.74, 6) is -1.16. The van der Waals surface area contributed by atoms with Gasteiger partial charge in [0.1, 0.15) is 5.82 Å². The van der Waals surface area contributed by atoms with Crippen molar-refractivity contribution in [2.45, 2.75) is 0 Å². The second-order valence-corrected chi connectivity index (χ2v) is 3.83. The van der Waals surface area contributed by atoms with Crippen LogP contribution in [0.2, 0.25) is 0 Å². The van der Waals surface area contributed by atoms with Crippen molar-refractivity contribution in [1.29, 1.82) is 0 Å². The Balaban J connectivity index is 2.42. The first-order valence-electron chi connectivity index (χ1n) is 5.32. The number of nitrogens with two attached hydrogens (primary N) is 1. The van der Waals surface area contributed by atoms with Crippen molar-refractivity contribution in [1.82, 2.24) is 4.98 Å². The lowest BCUT2D eigenvalue weighted by molar-refractivity contribution is 0.1000. The monoisotopic (exact) mass is 245 g/mol. The zero-order valence-electron chi connectivity index (χ0n) is 9.80. The molecule has 0 aliphatic heterocycles. The molecule has 92 valence electrons. The van der Waals surface area contributed by atoms with Crippen molar-refractivity contribution < 1.29 is 9.18 Å². The highest BCUT2D eigenvalue weighted by Crippen LogP contribution is 2.24. The lowest BCUT2D eigenvalue weighted by atomic mass is 10.1. The number of hydrogen-bond donors (Lipinski definition) is 1. The predicted octanol–water partition coefficient (Wildman–Crippen LogP) is 2.09. The zero-order chi connectivity index (χ0) is 13.1. The normalized spacial score (nSPS) is 10.1. The van der Waals surface area contributed by atoms with Gasteiger partial charge in [-0.2, -0.15) is 0 Å². The fourth-order valence-electron chi connectivity index (χ4n) is 1.61. The number of carbonyl (C=O) groups is 1. The minimum atomic E-state index is -0.657. The Hall–Kier alpha value is -2.43. The van der Waals surface area contributed by atoms with Crippen molar-refractivity contribution >= 4 is 17.3 Å². The van der Waals surface area contributed by atoms with Crippen LogP contribution < -0.4 is 10.6 Å². The third-order valence-electron chi connectivity index (χ3n) is 2.59. The first kappa shape index (κ1) is 12.0. The van der Waals surface area contributed by atoms with Crippen LogP contribution in [0, 0.1) is 5.82 Å². The Kier molecular flexibility index (Phi) is 3.23. The second-order valence-electron chi connectivity index (χ2n) is 3.83. The van der Waals surface area contributed by atoms with E-state index in [1.807, 2.05) is 6.07 Å². The van der Waals surface area contributed by atoms with Crippen molar-refractivity contribution in [3.05, 3.63) is 54.1 Å². The van der Waals surface area contributed by atoms with Gasteiger partial charge in [-0.25, -0.2) is 4.39 Å². The minimum absolute atomic E-state index is 0.140. The predicted molar refractivity (Wildman–Crippen MR) is 67.2 cm³/mol. The largest absolute Gasteiger partial charge is 0.366 e. The van der Waals surface area contributed by atoms with Crippen molar-refractivity contribution in [2.24, 2.45) is 5.73 Å². The molecular formula is C13H12FN3O. The lowest BCUT2D eigenvalue weighted by Crippen LogP contribution is -2.14. The molecular weight excluding hydrogens is 233 g/mol. The number of nitrogens with zero attached hydrogens (tertiary/aromatic N) is 2. The number of aromatic nitrogens is 1. The van der Waals surface area contributed by atoms with Gasteiger partial charge in [-0.15, -0.1) is 0 Å². The van der Waals surface area contributed by atoms with Gasteiger partial charge in [0.15, 0.2) is 0 Å². The van der Waals surface area contributed by atoms with E-state index < -0.39 is 11.7 Å². The Morgan fingerprint density at radius 1 is 1.33 bits per heavy atom. The number of amides is 1. The molecule has 0 aliphatic carbocycles. The van der Waals surface area contributed by atoms with Crippen LogP contribution in [0.5, 0.6) is 0 Å². The Morgan fingerprint density at radius 3 is 2.72 bits per heavy atom. The fraction of sp³-hybridized carbons (Fsp3) is 0.0769. The number of primary amides is 1. The van der Waals surface area contributed by atoms with Crippen LogP contribution in [0.3, 0.4) is 0 Å². The van der Waals surface area contributed by atoms with Crippen LogP contribution in [0.15, 0.2) is 42.7 Å². The maximum absolute atomic E-state index is 13.4. The van der Waals surface area contributed by atoms with Gasteiger partial charge in [0.2, 0.25) is 5.91 Å². The summed E-state index contributed by atoms with van der Waals surface area (Å²) >= 11 is 0. The van der Waals surface area contributed by atoms with E-state index in [-0.39, 0.29) is 5.56 Å². The smallest absolute Gasteiger partial charge is 0.248 e. The summed E-state index contributed by atoms with van der Waals surface area (Å²) in [6.45, 7) is 0. The van der Waals surface area contributed by atoms with Gasteiger partial charge >= 0.3 is 0 Å². The average Bonchev–Trinajstić information content (AvgIpc) is 2.38. The number of hydrogen-bond acceptors (Lipinski definition) is 3. The summed E-state index contributed by atoms with van der Waals surface area (Å²) in [5, 5.41) is 0. The van der Waals surface area contributed by atoms with Crippen molar-refractivity contribution in [2.75, 3.05) is 11.9 Å². The summed E-state index contributed by atoms with van der Waals surface area (Å²) in [7, 11) is 1.76. The molecule has 5 heteroatoms. The van der Waals surface area contributed by atoms with Crippen molar-refractivity contribution in [3.63, 3.8) is 0 Å². The van der Waals surface area contributed by atoms with Crippen LogP contribution in [-0.2, 0) is 0 Å². The number of halogens is 1. The van der Waals surface area contributed by atoms with Gasteiger partial charge < -0.3 is 10.6 Å². The molecule has 1 heterocycles. The SMILES string of the molecule is CN(c1cccnc1)c1cc(F)cc(C(N)=O)c1. The van der Waals surface area contributed by atoms with E-state index in [9.17, 15) is 9.18 Å². The fourth-order valence-corrected chi connectivity index (χ4v) is 1.61. The lowest BCUT2D eigenvalue weighted by Gasteiger charge is -2.19. The van der Waals surface area contributed by atoms with Gasteiger partial charge in [-0.3, -0.25) is 9.78 Å². The maximum Gasteiger partial charge on any atom is 0.248 e. The highest BCUT2D eigenvalue weighted by Gasteiger charge is 2.09. The number of rotatable bonds is 3. The molecule has 0 unspecified atom stereocenters. The molecule has 0 saturated heterocycles. The molecule has 1 amide bonds. The first-order valence-corrected chi connectivity index (χ1v) is 5.32. The Morgan fingerprint density at radius 2 is 2.11 bits per heavy atom. The van der Waals surface area contributed by atoms with Gasteiger partial charge in [-0.05, 0) is 30.3 Å². The highest BCUT2D eigenvalue weighted by molar-refractivity contribution is 5.94. The molecule has 18 heavy (non-hydrogen) atoms. The van der Waals surface area contributed by atoms with E-state index in [0.717, 1.165) is 11.8 Å². The molecule has 0 saturated carbocycles. The molecule has 0 atom stereocenters. The number of pyridine rings is 1. The Bertz CT molecular complexity index is 572. The van der Waals surface area contributed by atoms with Crippen LogP contribution in [0.4, 0.5) is 15.8 Å². The van der Waals surface area contributed by atoms with Crippen LogP contribution in [-0.4, -0.2) is 17.9 Å². The molecule has 0 radical (unpaired) electrons. The number of carbonyl (C=O) groups excluding carboxylic acids is 1. The first-order chi connectivity index (χ1) is 8.58. The summed E-state index contributed by atoms with van der Waals surface area (Å²) in [6.07, 6.45) is 3.30. The summed E-state index contributed by atoms with van der Waals surface area (Å²) in [6, 6.07) is 7.60. The third kappa shape index (κ3) is 2.45. The molecule has 0 aliphatic rings. The Labute approximate surface area is 104 Å². The van der Waals surface area contributed by atoms with Gasteiger partial charge in [0, 0.05) is 24.5 Å². The van der Waals surface area contributed by atoms with E-state index in [4.69, 9.17) is 5.73 Å². The van der Waals surface area contributed by atoms with Crippen LogP contribution in [0.1, 0.15) is 10.4 Å². The van der Waals surface area contributed by atoms with E-state index in [1.54, 1.807) is 36.5 Å². The molecule has 1 aromatic heterocycles. The standard InChI is InChI=1S/C13H12FN3O/c1-17(11-3-2-4-16-8-11)12-6-9(13(15)18)5-10(14)7-12/h2-8H,1H3,(H2,15,18). The van der Waals surface area contributed by atoms with Crippen LogP contribution in [0.25, 0.3) is 0 Å². The average molecular weight is 245 g/mol. The molecule has 2 aromatic rings. The molecule has 0 fully saturated rings. The third-order valence-corrected chi connectivity index (χ3v) is 2.59. The number of benzene rings is 1. The highest BCUT2D eigenvalue weighted by atomic mass is 19.1. The summed E-state index contributed by atoms with van der Waals surface area (Å²) in [4.78, 5) is 16.8. The summed E-state index contributed by atoms with van der Waals surface area (Å²) in [5.41, 5.74) is 6.62. The second kappa shape index (κ2) is 4.83. The zero-order valence-corrected chi connectivity index (χ0v) is 9.80. The van der Waals surface area contributed by atoms with Gasteiger partial charge in [0.25, 0.3) is 0 Å². The van der Waals surface area contributed by atoms with Crippen LogP contribution >= 0.6 is 0 Å². The topological polar surface area (TPSA) is 59.2 Å².